The lowest BCUT2D eigenvalue weighted by Crippen LogP contribution is -2.09. The fourth-order valence-electron chi connectivity index (χ4n) is 2.38. The zero-order chi connectivity index (χ0) is 11.7. The number of aromatic nitrogens is 3. The monoisotopic (exact) mass is 231 g/mol. The Bertz CT molecular complexity index is 513. The summed E-state index contributed by atoms with van der Waals surface area (Å²) in [6.07, 6.45) is 3.45. The topological polar surface area (TPSA) is 79.6 Å². The van der Waals surface area contributed by atoms with Gasteiger partial charge in [0.15, 0.2) is 5.65 Å². The normalized spacial score (nSPS) is 20.1. The molecule has 3 rings (SSSR count). The quantitative estimate of drug-likeness (QED) is 0.738. The number of hydrogen-bond acceptors (Lipinski definition) is 4. The van der Waals surface area contributed by atoms with E-state index in [4.69, 9.17) is 5.73 Å². The van der Waals surface area contributed by atoms with E-state index < -0.39 is 0 Å². The number of imidazole rings is 1. The van der Waals surface area contributed by atoms with Gasteiger partial charge >= 0.3 is 0 Å². The molecular formula is C12H17N5. The van der Waals surface area contributed by atoms with Crippen LogP contribution >= 0.6 is 0 Å². The van der Waals surface area contributed by atoms with Gasteiger partial charge in [0.2, 0.25) is 0 Å². The molecule has 1 aliphatic heterocycles. The Labute approximate surface area is 99.8 Å². The molecule has 5 nitrogen and oxygen atoms in total. The van der Waals surface area contributed by atoms with Gasteiger partial charge in [-0.15, -0.1) is 0 Å². The van der Waals surface area contributed by atoms with E-state index in [1.54, 1.807) is 6.07 Å². The number of fused-ring (bicyclic) bond motifs is 1. The van der Waals surface area contributed by atoms with Crippen LogP contribution in [0, 0.1) is 5.92 Å². The second kappa shape index (κ2) is 4.33. The fraction of sp³-hybridized carbons (Fsp3) is 0.500. The molecule has 1 atom stereocenters. The second-order valence-corrected chi connectivity index (χ2v) is 4.69. The van der Waals surface area contributed by atoms with Crippen molar-refractivity contribution in [1.29, 1.82) is 0 Å². The highest BCUT2D eigenvalue weighted by atomic mass is 15.0. The van der Waals surface area contributed by atoms with E-state index in [-0.39, 0.29) is 0 Å². The zero-order valence-electron chi connectivity index (χ0n) is 9.74. The van der Waals surface area contributed by atoms with Gasteiger partial charge in [0.1, 0.15) is 11.6 Å². The van der Waals surface area contributed by atoms with Gasteiger partial charge in [0.25, 0.3) is 0 Å². The van der Waals surface area contributed by atoms with Crippen LogP contribution in [0.3, 0.4) is 0 Å². The third kappa shape index (κ3) is 2.24. The van der Waals surface area contributed by atoms with Gasteiger partial charge in [-0.2, -0.15) is 0 Å². The Morgan fingerprint density at radius 3 is 3.12 bits per heavy atom. The molecule has 1 unspecified atom stereocenters. The van der Waals surface area contributed by atoms with Gasteiger partial charge < -0.3 is 16.0 Å². The van der Waals surface area contributed by atoms with E-state index in [1.807, 2.05) is 6.07 Å². The summed E-state index contributed by atoms with van der Waals surface area (Å²) in [6, 6.07) is 3.73. The molecular weight excluding hydrogens is 214 g/mol. The maximum absolute atomic E-state index is 5.63. The summed E-state index contributed by atoms with van der Waals surface area (Å²) in [5.74, 6) is 2.33. The average Bonchev–Trinajstić information content (AvgIpc) is 2.94. The summed E-state index contributed by atoms with van der Waals surface area (Å²) in [7, 11) is 0. The molecule has 1 saturated heterocycles. The van der Waals surface area contributed by atoms with E-state index in [0.717, 1.165) is 42.4 Å². The molecule has 2 aromatic rings. The van der Waals surface area contributed by atoms with Crippen molar-refractivity contribution in [1.82, 2.24) is 20.3 Å². The number of aryl methyl sites for hydroxylation is 1. The summed E-state index contributed by atoms with van der Waals surface area (Å²) in [4.78, 5) is 12.0. The molecule has 3 heterocycles. The Hall–Kier alpha value is -1.62. The van der Waals surface area contributed by atoms with Crippen LogP contribution < -0.4 is 11.1 Å². The summed E-state index contributed by atoms with van der Waals surface area (Å²) in [6.45, 7) is 2.30. The minimum absolute atomic E-state index is 0.524. The van der Waals surface area contributed by atoms with E-state index >= 15 is 0 Å². The summed E-state index contributed by atoms with van der Waals surface area (Å²) >= 11 is 0. The summed E-state index contributed by atoms with van der Waals surface area (Å²) in [5.41, 5.74) is 7.33. The molecule has 0 aromatic carbocycles. The molecule has 4 N–H and O–H groups in total. The van der Waals surface area contributed by atoms with Crippen molar-refractivity contribution < 1.29 is 0 Å². The number of anilines is 1. The number of nitrogens with zero attached hydrogens (tertiary/aromatic N) is 2. The fourth-order valence-corrected chi connectivity index (χ4v) is 2.38. The van der Waals surface area contributed by atoms with Gasteiger partial charge in [0, 0.05) is 6.42 Å². The first-order valence-electron chi connectivity index (χ1n) is 6.13. The predicted molar refractivity (Wildman–Crippen MR) is 67.6 cm³/mol. The molecule has 0 aliphatic carbocycles. The first kappa shape index (κ1) is 10.5. The number of rotatable bonds is 3. The van der Waals surface area contributed by atoms with Crippen LogP contribution in [0.1, 0.15) is 18.7 Å². The van der Waals surface area contributed by atoms with Crippen molar-refractivity contribution in [3.05, 3.63) is 18.0 Å². The molecule has 0 bridgehead atoms. The van der Waals surface area contributed by atoms with Crippen LogP contribution in [0.15, 0.2) is 12.1 Å². The van der Waals surface area contributed by atoms with Crippen molar-refractivity contribution in [2.24, 2.45) is 5.92 Å². The Morgan fingerprint density at radius 1 is 1.35 bits per heavy atom. The molecule has 0 spiro atoms. The van der Waals surface area contributed by atoms with Gasteiger partial charge in [-0.1, -0.05) is 0 Å². The van der Waals surface area contributed by atoms with Crippen LogP contribution in [-0.2, 0) is 6.42 Å². The Balaban J connectivity index is 1.72. The van der Waals surface area contributed by atoms with Crippen LogP contribution in [0.2, 0.25) is 0 Å². The molecule has 0 amide bonds. The number of H-pyrrole nitrogens is 1. The van der Waals surface area contributed by atoms with Crippen LogP contribution in [0.5, 0.6) is 0 Å². The number of nitrogens with one attached hydrogen (secondary N) is 2. The number of aromatic amines is 1. The highest BCUT2D eigenvalue weighted by Gasteiger charge is 2.15. The van der Waals surface area contributed by atoms with E-state index in [2.05, 4.69) is 20.3 Å². The summed E-state index contributed by atoms with van der Waals surface area (Å²) < 4.78 is 0. The summed E-state index contributed by atoms with van der Waals surface area (Å²) in [5, 5.41) is 3.38. The van der Waals surface area contributed by atoms with Gasteiger partial charge in [0.05, 0.1) is 5.52 Å². The molecule has 17 heavy (non-hydrogen) atoms. The largest absolute Gasteiger partial charge is 0.384 e. The van der Waals surface area contributed by atoms with E-state index in [9.17, 15) is 0 Å². The van der Waals surface area contributed by atoms with Crippen molar-refractivity contribution >= 4 is 17.0 Å². The standard InChI is InChI=1S/C12H17N5/c13-10-3-2-9-12(16-10)17-11(15-9)4-1-8-5-6-14-7-8/h2-3,8,14H,1,4-7H2,(H3,13,15,16,17). The Morgan fingerprint density at radius 2 is 2.29 bits per heavy atom. The first-order chi connectivity index (χ1) is 8.31. The molecule has 0 radical (unpaired) electrons. The third-order valence-electron chi connectivity index (χ3n) is 3.37. The molecule has 1 aliphatic rings. The SMILES string of the molecule is Nc1ccc2[nH]c(CCC3CCNC3)nc2n1. The molecule has 2 aromatic heterocycles. The predicted octanol–water partition coefficient (Wildman–Crippen LogP) is 1.08. The van der Waals surface area contributed by atoms with Gasteiger partial charge in [-0.05, 0) is 44.0 Å². The van der Waals surface area contributed by atoms with Crippen LogP contribution in [-0.4, -0.2) is 28.0 Å². The van der Waals surface area contributed by atoms with Crippen molar-refractivity contribution in [2.45, 2.75) is 19.3 Å². The Kier molecular flexibility index (Phi) is 2.68. The number of nitrogen functional groups attached to an aromatic ring is 1. The highest BCUT2D eigenvalue weighted by Crippen LogP contribution is 2.16. The minimum atomic E-state index is 0.524. The lowest BCUT2D eigenvalue weighted by atomic mass is 10.0. The maximum atomic E-state index is 5.63. The number of hydrogen-bond donors (Lipinski definition) is 3. The number of nitrogens with two attached hydrogens (primary N) is 1. The van der Waals surface area contributed by atoms with E-state index in [1.165, 1.54) is 12.8 Å². The van der Waals surface area contributed by atoms with Crippen molar-refractivity contribution in [2.75, 3.05) is 18.8 Å². The molecule has 90 valence electrons. The van der Waals surface area contributed by atoms with Crippen molar-refractivity contribution in [3.63, 3.8) is 0 Å². The maximum Gasteiger partial charge on any atom is 0.179 e. The highest BCUT2D eigenvalue weighted by molar-refractivity contribution is 5.72. The second-order valence-electron chi connectivity index (χ2n) is 4.69. The zero-order valence-corrected chi connectivity index (χ0v) is 9.74. The minimum Gasteiger partial charge on any atom is -0.384 e. The lowest BCUT2D eigenvalue weighted by Gasteiger charge is -2.04. The van der Waals surface area contributed by atoms with Crippen molar-refractivity contribution in [3.8, 4) is 0 Å². The number of pyridine rings is 1. The smallest absolute Gasteiger partial charge is 0.179 e. The van der Waals surface area contributed by atoms with Gasteiger partial charge in [-0.3, -0.25) is 0 Å². The van der Waals surface area contributed by atoms with Crippen LogP contribution in [0.25, 0.3) is 11.2 Å². The van der Waals surface area contributed by atoms with Crippen LogP contribution in [0.4, 0.5) is 5.82 Å². The van der Waals surface area contributed by atoms with E-state index in [0.29, 0.717) is 5.82 Å². The average molecular weight is 231 g/mol. The molecule has 1 fully saturated rings. The third-order valence-corrected chi connectivity index (χ3v) is 3.37. The first-order valence-corrected chi connectivity index (χ1v) is 6.13. The van der Waals surface area contributed by atoms with Gasteiger partial charge in [-0.25, -0.2) is 9.97 Å². The lowest BCUT2D eigenvalue weighted by molar-refractivity contribution is 0.526. The molecule has 0 saturated carbocycles. The molecule has 5 heteroatoms.